The number of aromatic nitrogens is 2. The standard InChI is InChI=1S/C22H24N8O5/c1-35-16-4-2-3-13(9-16)11-25-20(31)17-10-18(27-12-26-17)21(32)28-22(33,34)15-7-5-14(6-8-15)19(29-23)30-24/h2-10,12,33-34H,11,23-24H2,1H3,(H,25,31)(H,28,32)(H,29,30). The quantitative estimate of drug-likeness (QED) is 0.0689. The molecule has 13 nitrogen and oxygen atoms in total. The molecule has 1 heterocycles. The van der Waals surface area contributed by atoms with Crippen LogP contribution in [0.15, 0.2) is 66.0 Å². The van der Waals surface area contributed by atoms with Crippen molar-refractivity contribution in [1.82, 2.24) is 26.0 Å². The first kappa shape index (κ1) is 25.0. The van der Waals surface area contributed by atoms with E-state index in [9.17, 15) is 19.8 Å². The van der Waals surface area contributed by atoms with E-state index in [1.165, 1.54) is 24.3 Å². The number of carbonyl (C=O) groups excluding carboxylic acids is 2. The molecule has 0 aliphatic carbocycles. The van der Waals surface area contributed by atoms with Crippen molar-refractivity contribution in [2.45, 2.75) is 12.5 Å². The van der Waals surface area contributed by atoms with Crippen LogP contribution in [0, 0.1) is 0 Å². The van der Waals surface area contributed by atoms with Gasteiger partial charge in [0.1, 0.15) is 23.5 Å². The van der Waals surface area contributed by atoms with Crippen LogP contribution >= 0.6 is 0 Å². The number of hydrazone groups is 1. The monoisotopic (exact) mass is 480 g/mol. The minimum absolute atomic E-state index is 0.0618. The number of benzene rings is 2. The highest BCUT2D eigenvalue weighted by Gasteiger charge is 2.29. The number of carbonyl (C=O) groups is 2. The highest BCUT2D eigenvalue weighted by Crippen LogP contribution is 2.17. The normalized spacial score (nSPS) is 11.5. The van der Waals surface area contributed by atoms with E-state index >= 15 is 0 Å². The van der Waals surface area contributed by atoms with Gasteiger partial charge in [0.25, 0.3) is 17.7 Å². The average molecular weight is 480 g/mol. The van der Waals surface area contributed by atoms with Crippen molar-refractivity contribution < 1.29 is 24.5 Å². The predicted molar refractivity (Wildman–Crippen MR) is 124 cm³/mol. The number of ether oxygens (including phenoxy) is 1. The molecule has 2 aromatic carbocycles. The molecule has 0 aliphatic heterocycles. The molecule has 0 atom stereocenters. The molecule has 0 bridgehead atoms. The summed E-state index contributed by atoms with van der Waals surface area (Å²) in [6.45, 7) is 0.199. The van der Waals surface area contributed by atoms with Gasteiger partial charge in [0.2, 0.25) is 0 Å². The molecule has 0 saturated heterocycles. The Morgan fingerprint density at radius 1 is 1.06 bits per heavy atom. The van der Waals surface area contributed by atoms with E-state index in [4.69, 9.17) is 16.4 Å². The van der Waals surface area contributed by atoms with Crippen LogP contribution in [0.3, 0.4) is 0 Å². The summed E-state index contributed by atoms with van der Waals surface area (Å²) < 4.78 is 5.15. The molecule has 9 N–H and O–H groups in total. The van der Waals surface area contributed by atoms with Crippen molar-refractivity contribution in [3.63, 3.8) is 0 Å². The van der Waals surface area contributed by atoms with Crippen molar-refractivity contribution >= 4 is 17.6 Å². The third kappa shape index (κ3) is 6.26. The van der Waals surface area contributed by atoms with E-state index in [-0.39, 0.29) is 29.3 Å². The molecule has 0 unspecified atom stereocenters. The summed E-state index contributed by atoms with van der Waals surface area (Å²) in [5.41, 5.74) is 3.18. The summed E-state index contributed by atoms with van der Waals surface area (Å²) in [5, 5.41) is 29.0. The molecule has 0 fully saturated rings. The second kappa shape index (κ2) is 11.0. The number of hydrogen-bond donors (Lipinski definition) is 7. The maximum atomic E-state index is 12.6. The SMILES string of the molecule is COc1cccc(CNC(=O)c2cc(C(=O)NC(O)(O)c3ccc(/C(=N/N)NN)cc3)ncn2)c1. The number of amidine groups is 1. The largest absolute Gasteiger partial charge is 0.497 e. The molecular weight excluding hydrogens is 456 g/mol. The van der Waals surface area contributed by atoms with Crippen molar-refractivity contribution in [2.24, 2.45) is 16.8 Å². The van der Waals surface area contributed by atoms with Gasteiger partial charge in [-0.3, -0.25) is 14.9 Å². The van der Waals surface area contributed by atoms with Crippen LogP contribution in [0.2, 0.25) is 0 Å². The summed E-state index contributed by atoms with van der Waals surface area (Å²) in [5.74, 6) is 7.08. The maximum Gasteiger partial charge on any atom is 0.275 e. The lowest BCUT2D eigenvalue weighted by molar-refractivity contribution is -0.185. The Morgan fingerprint density at radius 3 is 2.37 bits per heavy atom. The van der Waals surface area contributed by atoms with Crippen molar-refractivity contribution in [3.8, 4) is 5.75 Å². The van der Waals surface area contributed by atoms with Crippen LogP contribution in [0.4, 0.5) is 0 Å². The van der Waals surface area contributed by atoms with Gasteiger partial charge >= 0.3 is 0 Å². The number of aliphatic hydroxyl groups is 2. The Kier molecular flexibility index (Phi) is 7.88. The lowest BCUT2D eigenvalue weighted by Crippen LogP contribution is -2.46. The summed E-state index contributed by atoms with van der Waals surface area (Å²) >= 11 is 0. The minimum atomic E-state index is -2.74. The molecule has 13 heteroatoms. The molecule has 1 aromatic heterocycles. The van der Waals surface area contributed by atoms with E-state index in [0.29, 0.717) is 11.3 Å². The molecule has 2 amide bonds. The van der Waals surface area contributed by atoms with Crippen LogP contribution in [0.25, 0.3) is 0 Å². The fourth-order valence-electron chi connectivity index (χ4n) is 3.01. The highest BCUT2D eigenvalue weighted by atomic mass is 16.5. The lowest BCUT2D eigenvalue weighted by atomic mass is 10.1. The number of nitrogens with one attached hydrogen (secondary N) is 3. The molecule has 182 valence electrons. The van der Waals surface area contributed by atoms with Crippen LogP contribution in [0.1, 0.15) is 37.7 Å². The van der Waals surface area contributed by atoms with Crippen molar-refractivity contribution in [1.29, 1.82) is 0 Å². The maximum absolute atomic E-state index is 12.6. The number of hydrazine groups is 1. The molecule has 0 radical (unpaired) electrons. The number of hydrogen-bond acceptors (Lipinski definition) is 10. The molecular formula is C22H24N8O5. The van der Waals surface area contributed by atoms with Gasteiger partial charge in [0.05, 0.1) is 7.11 Å². The Balaban J connectivity index is 1.68. The first-order chi connectivity index (χ1) is 16.8. The molecule has 0 spiro atoms. The molecule has 0 saturated carbocycles. The number of nitrogens with two attached hydrogens (primary N) is 2. The van der Waals surface area contributed by atoms with Crippen molar-refractivity contribution in [2.75, 3.05) is 7.11 Å². The summed E-state index contributed by atoms with van der Waals surface area (Å²) in [6.07, 6.45) is 1.02. The Hall–Kier alpha value is -4.59. The lowest BCUT2D eigenvalue weighted by Gasteiger charge is -2.23. The predicted octanol–water partition coefficient (Wildman–Crippen LogP) is -0.976. The van der Waals surface area contributed by atoms with E-state index in [1.807, 2.05) is 11.4 Å². The van der Waals surface area contributed by atoms with Crippen molar-refractivity contribution in [3.05, 3.63) is 89.0 Å². The van der Waals surface area contributed by atoms with Crippen LogP contribution in [0.5, 0.6) is 5.75 Å². The summed E-state index contributed by atoms with van der Waals surface area (Å²) in [6, 6.07) is 13.9. The summed E-state index contributed by atoms with van der Waals surface area (Å²) in [7, 11) is 1.54. The highest BCUT2D eigenvalue weighted by molar-refractivity contribution is 5.98. The van der Waals surface area contributed by atoms with Gasteiger partial charge in [0.15, 0.2) is 5.84 Å². The minimum Gasteiger partial charge on any atom is -0.497 e. The zero-order chi connectivity index (χ0) is 25.4. The van der Waals surface area contributed by atoms with Gasteiger partial charge in [-0.1, -0.05) is 36.4 Å². The third-order valence-electron chi connectivity index (χ3n) is 4.83. The zero-order valence-corrected chi connectivity index (χ0v) is 18.6. The Morgan fingerprint density at radius 2 is 1.74 bits per heavy atom. The average Bonchev–Trinajstić information content (AvgIpc) is 2.88. The van der Waals surface area contributed by atoms with Gasteiger partial charge in [0, 0.05) is 23.7 Å². The second-order valence-corrected chi connectivity index (χ2v) is 7.15. The van der Waals surface area contributed by atoms with E-state index in [1.54, 1.807) is 25.3 Å². The summed E-state index contributed by atoms with van der Waals surface area (Å²) in [4.78, 5) is 32.8. The molecule has 3 rings (SSSR count). The first-order valence-corrected chi connectivity index (χ1v) is 10.1. The van der Waals surface area contributed by atoms with Gasteiger partial charge in [-0.15, -0.1) is 0 Å². The zero-order valence-electron chi connectivity index (χ0n) is 18.6. The number of nitrogens with zero attached hydrogens (tertiary/aromatic N) is 3. The number of methoxy groups -OCH3 is 1. The van der Waals surface area contributed by atoms with E-state index in [0.717, 1.165) is 18.0 Å². The Bertz CT molecular complexity index is 1230. The van der Waals surface area contributed by atoms with E-state index in [2.05, 4.69) is 25.8 Å². The second-order valence-electron chi connectivity index (χ2n) is 7.15. The van der Waals surface area contributed by atoms with Crippen LogP contribution < -0.4 is 32.5 Å². The Labute approximate surface area is 199 Å². The third-order valence-corrected chi connectivity index (χ3v) is 4.83. The van der Waals surface area contributed by atoms with Gasteiger partial charge in [-0.2, -0.15) is 5.10 Å². The van der Waals surface area contributed by atoms with Gasteiger partial charge in [-0.25, -0.2) is 15.8 Å². The van der Waals surface area contributed by atoms with E-state index < -0.39 is 17.7 Å². The first-order valence-electron chi connectivity index (χ1n) is 10.1. The van der Waals surface area contributed by atoms with Gasteiger partial charge in [-0.05, 0) is 17.7 Å². The fourth-order valence-corrected chi connectivity index (χ4v) is 3.01. The molecule has 0 aliphatic rings. The smallest absolute Gasteiger partial charge is 0.275 e. The molecule has 3 aromatic rings. The number of rotatable bonds is 8. The topological polar surface area (TPSA) is 210 Å². The fraction of sp³-hybridized carbons (Fsp3) is 0.136. The molecule has 35 heavy (non-hydrogen) atoms. The van der Waals surface area contributed by atoms with Crippen LogP contribution in [-0.4, -0.2) is 44.9 Å². The van der Waals surface area contributed by atoms with Gasteiger partial charge < -0.3 is 31.5 Å². The van der Waals surface area contributed by atoms with Crippen LogP contribution in [-0.2, 0) is 12.5 Å². The number of amides is 2.